The lowest BCUT2D eigenvalue weighted by Crippen LogP contribution is -2.19. The fraction of sp³-hybridized carbons (Fsp3) is 0.0400. The van der Waals surface area contributed by atoms with Gasteiger partial charge in [-0.05, 0) is 65.1 Å². The van der Waals surface area contributed by atoms with E-state index in [0.717, 1.165) is 3.57 Å². The lowest BCUT2D eigenvalue weighted by molar-refractivity contribution is 0.375. The minimum absolute atomic E-state index is 0.183. The Bertz CT molecular complexity index is 1180. The summed E-state index contributed by atoms with van der Waals surface area (Å²) in [6, 6.07) is 31.2. The summed E-state index contributed by atoms with van der Waals surface area (Å²) in [4.78, 5) is 0. The maximum absolute atomic E-state index is 15.0. The van der Waals surface area contributed by atoms with Crippen LogP contribution in [-0.2, 0) is 4.57 Å². The first-order valence-electron chi connectivity index (χ1n) is 9.90. The smallest absolute Gasteiger partial charge is 0.414 e. The highest BCUT2D eigenvalue weighted by Gasteiger charge is 2.42. The maximum Gasteiger partial charge on any atom is 0.457 e. The summed E-state index contributed by atoms with van der Waals surface area (Å²) in [6.07, 6.45) is 0. The Morgan fingerprint density at radius 3 is 1.78 bits per heavy atom. The molecule has 0 aliphatic carbocycles. The molecular formula is C25H20FINO3P. The molecule has 0 aliphatic heterocycles. The Kier molecular flexibility index (Phi) is 7.12. The molecule has 1 atom stereocenters. The Balaban J connectivity index is 1.84. The number of hydrogen-bond donors (Lipinski definition) is 1. The molecule has 0 saturated heterocycles. The van der Waals surface area contributed by atoms with E-state index < -0.39 is 19.2 Å². The highest BCUT2D eigenvalue weighted by Crippen LogP contribution is 2.60. The predicted molar refractivity (Wildman–Crippen MR) is 134 cm³/mol. The first kappa shape index (κ1) is 22.4. The van der Waals surface area contributed by atoms with Crippen molar-refractivity contribution < 1.29 is 18.0 Å². The van der Waals surface area contributed by atoms with Crippen molar-refractivity contribution in [1.82, 2.24) is 0 Å². The molecule has 0 unspecified atom stereocenters. The Morgan fingerprint density at radius 1 is 0.719 bits per heavy atom. The van der Waals surface area contributed by atoms with Crippen LogP contribution in [0.4, 0.5) is 10.1 Å². The number of rotatable bonds is 8. The van der Waals surface area contributed by atoms with E-state index in [1.54, 1.807) is 66.7 Å². The van der Waals surface area contributed by atoms with Crippen LogP contribution in [-0.4, -0.2) is 0 Å². The van der Waals surface area contributed by atoms with Gasteiger partial charge in [-0.3, -0.25) is 0 Å². The summed E-state index contributed by atoms with van der Waals surface area (Å²) in [6.45, 7) is 0. The van der Waals surface area contributed by atoms with E-state index in [1.165, 1.54) is 6.07 Å². The van der Waals surface area contributed by atoms with E-state index in [4.69, 9.17) is 9.05 Å². The summed E-state index contributed by atoms with van der Waals surface area (Å²) in [7, 11) is -4.06. The quantitative estimate of drug-likeness (QED) is 0.176. The van der Waals surface area contributed by atoms with Crippen molar-refractivity contribution in [3.63, 3.8) is 0 Å². The van der Waals surface area contributed by atoms with Gasteiger partial charge in [0, 0.05) is 14.8 Å². The van der Waals surface area contributed by atoms with Crippen LogP contribution in [0.3, 0.4) is 0 Å². The molecule has 1 N–H and O–H groups in total. The van der Waals surface area contributed by atoms with Gasteiger partial charge in [0.1, 0.15) is 17.3 Å². The van der Waals surface area contributed by atoms with Crippen LogP contribution in [0.15, 0.2) is 109 Å². The summed E-state index contributed by atoms with van der Waals surface area (Å²) >= 11 is 2.17. The lowest BCUT2D eigenvalue weighted by Gasteiger charge is -2.29. The Hall–Kier alpha value is -2.83. The monoisotopic (exact) mass is 559 g/mol. The van der Waals surface area contributed by atoms with Gasteiger partial charge in [-0.25, -0.2) is 8.96 Å². The third kappa shape index (κ3) is 5.31. The van der Waals surface area contributed by atoms with E-state index >= 15 is 0 Å². The zero-order valence-corrected chi connectivity index (χ0v) is 19.9. The van der Waals surface area contributed by atoms with Gasteiger partial charge in [-0.15, -0.1) is 0 Å². The molecule has 0 amide bonds. The van der Waals surface area contributed by atoms with Gasteiger partial charge in [-0.1, -0.05) is 66.7 Å². The first-order valence-corrected chi connectivity index (χ1v) is 12.6. The molecule has 0 spiro atoms. The van der Waals surface area contributed by atoms with Crippen LogP contribution < -0.4 is 14.4 Å². The van der Waals surface area contributed by atoms with Crippen LogP contribution in [0.1, 0.15) is 11.3 Å². The van der Waals surface area contributed by atoms with Crippen molar-refractivity contribution >= 4 is 35.9 Å². The molecule has 0 aliphatic rings. The number of benzene rings is 4. The SMILES string of the molecule is O=P(Oc1ccccc1)(Oc1ccccc1)[C@@H](Nc1ccccc1I)c1ccccc1F. The third-order valence-electron chi connectivity index (χ3n) is 4.63. The second-order valence-corrected chi connectivity index (χ2v) is 10.0. The number of anilines is 1. The van der Waals surface area contributed by atoms with Gasteiger partial charge in [0.15, 0.2) is 5.78 Å². The van der Waals surface area contributed by atoms with Crippen molar-refractivity contribution in [2.24, 2.45) is 0 Å². The molecule has 4 rings (SSSR count). The van der Waals surface area contributed by atoms with E-state index in [-0.39, 0.29) is 5.56 Å². The maximum atomic E-state index is 15.0. The molecule has 32 heavy (non-hydrogen) atoms. The highest BCUT2D eigenvalue weighted by molar-refractivity contribution is 14.1. The number of nitrogens with one attached hydrogen (secondary N) is 1. The molecular weight excluding hydrogens is 539 g/mol. The minimum atomic E-state index is -4.06. The van der Waals surface area contributed by atoms with Gasteiger partial charge in [0.05, 0.1) is 0 Å². The van der Waals surface area contributed by atoms with Crippen LogP contribution in [0.25, 0.3) is 0 Å². The fourth-order valence-electron chi connectivity index (χ4n) is 3.13. The van der Waals surface area contributed by atoms with E-state index in [1.807, 2.05) is 36.4 Å². The summed E-state index contributed by atoms with van der Waals surface area (Å²) in [5.74, 6) is -0.903. The van der Waals surface area contributed by atoms with Gasteiger partial charge >= 0.3 is 7.60 Å². The number of hydrogen-bond acceptors (Lipinski definition) is 4. The van der Waals surface area contributed by atoms with Gasteiger partial charge in [-0.2, -0.15) is 0 Å². The molecule has 7 heteroatoms. The summed E-state index contributed by atoms with van der Waals surface area (Å²) < 4.78 is 42.3. The van der Waals surface area contributed by atoms with Crippen LogP contribution in [0.2, 0.25) is 0 Å². The third-order valence-corrected chi connectivity index (χ3v) is 7.54. The normalized spacial score (nSPS) is 12.1. The second kappa shape index (κ2) is 10.2. The molecule has 4 aromatic carbocycles. The van der Waals surface area contributed by atoms with Crippen LogP contribution in [0, 0.1) is 9.39 Å². The second-order valence-electron chi connectivity index (χ2n) is 6.90. The molecule has 0 heterocycles. The first-order chi connectivity index (χ1) is 15.5. The van der Waals surface area contributed by atoms with Crippen molar-refractivity contribution in [3.05, 3.63) is 124 Å². The summed E-state index contributed by atoms with van der Waals surface area (Å²) in [5, 5.41) is 3.22. The fourth-order valence-corrected chi connectivity index (χ4v) is 5.60. The number of halogens is 2. The van der Waals surface area contributed by atoms with Crippen LogP contribution >= 0.6 is 30.2 Å². The van der Waals surface area contributed by atoms with Gasteiger partial charge < -0.3 is 14.4 Å². The average molecular weight is 559 g/mol. The zero-order valence-electron chi connectivity index (χ0n) is 16.9. The van der Waals surface area contributed by atoms with E-state index in [0.29, 0.717) is 17.2 Å². The van der Waals surface area contributed by atoms with E-state index in [9.17, 15) is 8.96 Å². The highest BCUT2D eigenvalue weighted by atomic mass is 127. The summed E-state index contributed by atoms with van der Waals surface area (Å²) in [5.41, 5.74) is 0.872. The molecule has 4 aromatic rings. The Labute approximate surface area is 200 Å². The molecule has 162 valence electrons. The topological polar surface area (TPSA) is 47.6 Å². The Morgan fingerprint density at radius 2 is 1.22 bits per heavy atom. The average Bonchev–Trinajstić information content (AvgIpc) is 2.80. The molecule has 0 aromatic heterocycles. The minimum Gasteiger partial charge on any atom is -0.414 e. The van der Waals surface area contributed by atoms with Crippen LogP contribution in [0.5, 0.6) is 11.5 Å². The largest absolute Gasteiger partial charge is 0.457 e. The standard InChI is InChI=1S/C25H20FINO3P/c26-22-16-8-7-15-21(22)25(28-24-18-10-9-17-23(24)27)32(29,30-19-11-3-1-4-12-19)31-20-13-5-2-6-14-20/h1-18,25,28H/t25-/m1/s1. The van der Waals surface area contributed by atoms with Crippen molar-refractivity contribution in [3.8, 4) is 11.5 Å². The molecule has 0 saturated carbocycles. The molecule has 0 bridgehead atoms. The van der Waals surface area contributed by atoms with Crippen molar-refractivity contribution in [2.75, 3.05) is 5.32 Å². The van der Waals surface area contributed by atoms with Gasteiger partial charge in [0.2, 0.25) is 0 Å². The zero-order chi connectivity index (χ0) is 22.4. The van der Waals surface area contributed by atoms with Crippen molar-refractivity contribution in [2.45, 2.75) is 5.78 Å². The number of para-hydroxylation sites is 3. The molecule has 4 nitrogen and oxygen atoms in total. The van der Waals surface area contributed by atoms with Gasteiger partial charge in [0.25, 0.3) is 0 Å². The molecule has 0 fully saturated rings. The predicted octanol–water partition coefficient (Wildman–Crippen LogP) is 7.89. The van der Waals surface area contributed by atoms with Crippen molar-refractivity contribution in [1.29, 1.82) is 0 Å². The molecule has 0 radical (unpaired) electrons. The van der Waals surface area contributed by atoms with E-state index in [2.05, 4.69) is 27.9 Å². The lowest BCUT2D eigenvalue weighted by atomic mass is 10.2.